The van der Waals surface area contributed by atoms with E-state index in [1.807, 2.05) is 29.2 Å². The molecule has 2 aromatic rings. The zero-order valence-electron chi connectivity index (χ0n) is 15.6. The van der Waals surface area contributed by atoms with Crippen LogP contribution in [0.15, 0.2) is 42.6 Å². The Balaban J connectivity index is 1.35. The molecule has 2 fully saturated rings. The molecular formula is C21H22N4O3. The van der Waals surface area contributed by atoms with Crippen molar-refractivity contribution >= 4 is 11.6 Å². The Morgan fingerprint density at radius 1 is 1.18 bits per heavy atom. The van der Waals surface area contributed by atoms with Gasteiger partial charge < -0.3 is 19.3 Å². The molecule has 1 unspecified atom stereocenters. The third-order valence-corrected chi connectivity index (χ3v) is 5.07. The maximum atomic E-state index is 12.8. The number of pyridine rings is 1. The van der Waals surface area contributed by atoms with Crippen LogP contribution in [0.4, 0.5) is 5.69 Å². The molecule has 28 heavy (non-hydrogen) atoms. The molecule has 7 nitrogen and oxygen atoms in total. The van der Waals surface area contributed by atoms with Gasteiger partial charge in [0.05, 0.1) is 31.4 Å². The van der Waals surface area contributed by atoms with E-state index in [1.165, 1.54) is 0 Å². The molecule has 1 amide bonds. The summed E-state index contributed by atoms with van der Waals surface area (Å²) in [4.78, 5) is 21.0. The average molecular weight is 378 g/mol. The maximum Gasteiger partial charge on any atom is 0.253 e. The van der Waals surface area contributed by atoms with Gasteiger partial charge in [-0.25, -0.2) is 4.98 Å². The molecule has 0 N–H and O–H groups in total. The number of anilines is 1. The highest BCUT2D eigenvalue weighted by Crippen LogP contribution is 2.21. The number of ether oxygens (including phenoxy) is 2. The van der Waals surface area contributed by atoms with Gasteiger partial charge in [-0.1, -0.05) is 0 Å². The normalized spacial score (nSPS) is 19.3. The second kappa shape index (κ2) is 8.28. The van der Waals surface area contributed by atoms with Crippen molar-refractivity contribution in [2.24, 2.45) is 0 Å². The monoisotopic (exact) mass is 378 g/mol. The Morgan fingerprint density at radius 2 is 1.96 bits per heavy atom. The van der Waals surface area contributed by atoms with E-state index < -0.39 is 0 Å². The molecule has 144 valence electrons. The molecule has 2 aliphatic rings. The van der Waals surface area contributed by atoms with Gasteiger partial charge in [0.15, 0.2) is 0 Å². The molecule has 0 aliphatic carbocycles. The number of rotatable bonds is 4. The van der Waals surface area contributed by atoms with E-state index in [9.17, 15) is 4.79 Å². The fourth-order valence-corrected chi connectivity index (χ4v) is 3.54. The number of likely N-dealkylation sites (tertiary alicyclic amines) is 1. The van der Waals surface area contributed by atoms with Gasteiger partial charge in [0.2, 0.25) is 5.88 Å². The van der Waals surface area contributed by atoms with Gasteiger partial charge in [0, 0.05) is 49.6 Å². The van der Waals surface area contributed by atoms with Gasteiger partial charge in [0.25, 0.3) is 5.91 Å². The third kappa shape index (κ3) is 4.07. The van der Waals surface area contributed by atoms with E-state index in [1.54, 1.807) is 18.3 Å². The van der Waals surface area contributed by atoms with Crippen molar-refractivity contribution in [2.45, 2.75) is 12.5 Å². The number of aromatic nitrogens is 1. The number of amides is 1. The van der Waals surface area contributed by atoms with Crippen molar-refractivity contribution in [1.82, 2.24) is 9.88 Å². The summed E-state index contributed by atoms with van der Waals surface area (Å²) in [5.41, 5.74) is 2.31. The Bertz CT molecular complexity index is 872. The van der Waals surface area contributed by atoms with Gasteiger partial charge in [-0.15, -0.1) is 0 Å². The van der Waals surface area contributed by atoms with E-state index in [0.29, 0.717) is 30.1 Å². The Kier molecular flexibility index (Phi) is 5.40. The minimum Gasteiger partial charge on any atom is -0.472 e. The lowest BCUT2D eigenvalue weighted by Gasteiger charge is -2.29. The minimum absolute atomic E-state index is 0.0124. The Hall–Kier alpha value is -3.11. The van der Waals surface area contributed by atoms with E-state index in [2.05, 4.69) is 16.0 Å². The summed E-state index contributed by atoms with van der Waals surface area (Å²) in [6.07, 6.45) is 2.19. The lowest BCUT2D eigenvalue weighted by molar-refractivity contribution is 0.0771. The lowest BCUT2D eigenvalue weighted by atomic mass is 10.1. The van der Waals surface area contributed by atoms with Crippen molar-refractivity contribution in [3.05, 3.63) is 53.7 Å². The van der Waals surface area contributed by atoms with Crippen molar-refractivity contribution in [1.29, 1.82) is 5.26 Å². The number of nitriles is 1. The number of hydrogen-bond donors (Lipinski definition) is 0. The number of benzene rings is 1. The predicted molar refractivity (Wildman–Crippen MR) is 103 cm³/mol. The van der Waals surface area contributed by atoms with Crippen molar-refractivity contribution in [3.8, 4) is 11.9 Å². The number of nitrogens with zero attached hydrogens (tertiary/aromatic N) is 4. The molecule has 0 spiro atoms. The third-order valence-electron chi connectivity index (χ3n) is 5.07. The molecule has 7 heteroatoms. The number of carbonyl (C=O) groups is 1. The smallest absolute Gasteiger partial charge is 0.253 e. The first-order valence-electron chi connectivity index (χ1n) is 9.48. The van der Waals surface area contributed by atoms with E-state index in [4.69, 9.17) is 14.7 Å². The lowest BCUT2D eigenvalue weighted by Crippen LogP contribution is -2.36. The van der Waals surface area contributed by atoms with Crippen LogP contribution in [0.25, 0.3) is 0 Å². The highest BCUT2D eigenvalue weighted by atomic mass is 16.5. The molecule has 1 aromatic heterocycles. The molecule has 3 heterocycles. The van der Waals surface area contributed by atoms with E-state index >= 15 is 0 Å². The topological polar surface area (TPSA) is 78.7 Å². The molecule has 0 radical (unpaired) electrons. The predicted octanol–water partition coefficient (Wildman–Crippen LogP) is 2.08. The van der Waals surface area contributed by atoms with Crippen LogP contribution in [0.1, 0.15) is 22.3 Å². The summed E-state index contributed by atoms with van der Waals surface area (Å²) in [5.74, 6) is 0.437. The van der Waals surface area contributed by atoms with E-state index in [0.717, 1.165) is 38.4 Å². The summed E-state index contributed by atoms with van der Waals surface area (Å²) < 4.78 is 11.2. The van der Waals surface area contributed by atoms with Crippen LogP contribution in [0.3, 0.4) is 0 Å². The summed E-state index contributed by atoms with van der Waals surface area (Å²) in [6.45, 7) is 4.39. The number of morpholine rings is 1. The van der Waals surface area contributed by atoms with Gasteiger partial charge in [0.1, 0.15) is 6.10 Å². The fourth-order valence-electron chi connectivity index (χ4n) is 3.54. The highest BCUT2D eigenvalue weighted by molar-refractivity contribution is 5.94. The SMILES string of the molecule is N#Cc1ccnc(OC2CCN(C(=O)c3ccc(N4CCOCC4)cc3)C2)c1. The molecule has 0 bridgehead atoms. The molecule has 4 rings (SSSR count). The van der Waals surface area contributed by atoms with Crippen molar-refractivity contribution in [3.63, 3.8) is 0 Å². The first kappa shape index (κ1) is 18.3. The molecular weight excluding hydrogens is 356 g/mol. The first-order valence-corrected chi connectivity index (χ1v) is 9.48. The second-order valence-electron chi connectivity index (χ2n) is 6.92. The first-order chi connectivity index (χ1) is 13.7. The molecule has 2 saturated heterocycles. The van der Waals surface area contributed by atoms with Crippen molar-refractivity contribution < 1.29 is 14.3 Å². The largest absolute Gasteiger partial charge is 0.472 e. The van der Waals surface area contributed by atoms with Crippen LogP contribution < -0.4 is 9.64 Å². The Morgan fingerprint density at radius 3 is 2.71 bits per heavy atom. The molecule has 2 aliphatic heterocycles. The number of hydrogen-bond acceptors (Lipinski definition) is 6. The van der Waals surface area contributed by atoms with Crippen LogP contribution in [0.2, 0.25) is 0 Å². The summed E-state index contributed by atoms with van der Waals surface area (Å²) in [6, 6.07) is 13.1. The fraction of sp³-hybridized carbons (Fsp3) is 0.381. The van der Waals surface area contributed by atoms with Gasteiger partial charge in [-0.05, 0) is 30.3 Å². The summed E-state index contributed by atoms with van der Waals surface area (Å²) in [7, 11) is 0. The second-order valence-corrected chi connectivity index (χ2v) is 6.92. The zero-order valence-corrected chi connectivity index (χ0v) is 15.6. The van der Waals surface area contributed by atoms with Crippen LogP contribution >= 0.6 is 0 Å². The van der Waals surface area contributed by atoms with Crippen LogP contribution in [0, 0.1) is 11.3 Å². The Labute approximate surface area is 164 Å². The van der Waals surface area contributed by atoms with Gasteiger partial charge >= 0.3 is 0 Å². The average Bonchev–Trinajstić information content (AvgIpc) is 3.22. The molecule has 1 aromatic carbocycles. The van der Waals surface area contributed by atoms with Crippen LogP contribution in [0.5, 0.6) is 5.88 Å². The van der Waals surface area contributed by atoms with Gasteiger partial charge in [-0.2, -0.15) is 5.26 Å². The van der Waals surface area contributed by atoms with E-state index in [-0.39, 0.29) is 12.0 Å². The maximum absolute atomic E-state index is 12.8. The molecule has 1 atom stereocenters. The number of carbonyl (C=O) groups excluding carboxylic acids is 1. The van der Waals surface area contributed by atoms with Crippen LogP contribution in [-0.4, -0.2) is 61.3 Å². The highest BCUT2D eigenvalue weighted by Gasteiger charge is 2.28. The summed E-state index contributed by atoms with van der Waals surface area (Å²) >= 11 is 0. The van der Waals surface area contributed by atoms with Crippen molar-refractivity contribution in [2.75, 3.05) is 44.3 Å². The van der Waals surface area contributed by atoms with Crippen LogP contribution in [-0.2, 0) is 4.74 Å². The quantitative estimate of drug-likeness (QED) is 0.811. The molecule has 0 saturated carbocycles. The summed E-state index contributed by atoms with van der Waals surface area (Å²) in [5, 5.41) is 8.97. The van der Waals surface area contributed by atoms with Gasteiger partial charge in [-0.3, -0.25) is 4.79 Å². The zero-order chi connectivity index (χ0) is 19.3. The minimum atomic E-state index is -0.113. The standard InChI is InChI=1S/C21H22N4O3/c22-14-16-5-7-23-20(13-16)28-19-6-8-25(15-19)21(26)17-1-3-18(4-2-17)24-9-11-27-12-10-24/h1-5,7,13,19H,6,8-12,15H2.